The Balaban J connectivity index is 1.51. The SMILES string of the molecule is CC(C)[C@H](N)C(=O)OC[C@H]1O[C@@H](N2NC3=CC4(CN3N)C2=NC=NC4C)[C@H](O)[C@@H]1O. The standard InChI is InChI=1S/C18H29N7O5/c1-8(2)12(19)16(28)29-5-10-13(26)14(27)15(30-10)25-17-18(9(3)21-7-22-17)4-11(23-25)24(20)6-18/h4,7-10,12-15,23,26-27H,5-6,19-20H2,1-3H3/t9?,10-,12+,13-,14-,15-,18?/m1/s1. The van der Waals surface area contributed by atoms with Crippen LogP contribution in [0.15, 0.2) is 21.9 Å². The molecule has 12 heteroatoms. The molecule has 30 heavy (non-hydrogen) atoms. The number of hydrogen-bond acceptors (Lipinski definition) is 12. The van der Waals surface area contributed by atoms with E-state index in [0.717, 1.165) is 0 Å². The van der Waals surface area contributed by atoms with E-state index in [0.29, 0.717) is 18.2 Å². The zero-order chi connectivity index (χ0) is 21.8. The van der Waals surface area contributed by atoms with Crippen molar-refractivity contribution in [2.45, 2.75) is 57.4 Å². The van der Waals surface area contributed by atoms with Crippen molar-refractivity contribution in [2.24, 2.45) is 32.9 Å². The van der Waals surface area contributed by atoms with Gasteiger partial charge in [-0.05, 0) is 18.9 Å². The zero-order valence-electron chi connectivity index (χ0n) is 17.2. The van der Waals surface area contributed by atoms with Gasteiger partial charge in [0, 0.05) is 0 Å². The van der Waals surface area contributed by atoms with Crippen LogP contribution in [-0.4, -0.2) is 88.1 Å². The summed E-state index contributed by atoms with van der Waals surface area (Å²) < 4.78 is 11.1. The Morgan fingerprint density at radius 3 is 2.90 bits per heavy atom. The summed E-state index contributed by atoms with van der Waals surface area (Å²) in [5, 5.41) is 24.3. The number of rotatable bonds is 5. The lowest BCUT2D eigenvalue weighted by Gasteiger charge is -2.43. The Kier molecular flexibility index (Phi) is 5.22. The first kappa shape index (κ1) is 21.0. The number of nitrogens with two attached hydrogens (primary N) is 2. The largest absolute Gasteiger partial charge is 0.462 e. The van der Waals surface area contributed by atoms with E-state index in [4.69, 9.17) is 21.1 Å². The Hall–Kier alpha value is -2.25. The summed E-state index contributed by atoms with van der Waals surface area (Å²) >= 11 is 0. The molecule has 0 aliphatic carbocycles. The van der Waals surface area contributed by atoms with E-state index < -0.39 is 42.0 Å². The van der Waals surface area contributed by atoms with E-state index in [2.05, 4.69) is 15.4 Å². The van der Waals surface area contributed by atoms with Gasteiger partial charge in [-0.3, -0.25) is 20.2 Å². The highest BCUT2D eigenvalue weighted by Gasteiger charge is 2.57. The first-order valence-corrected chi connectivity index (χ1v) is 10.0. The Bertz CT molecular complexity index is 802. The predicted molar refractivity (Wildman–Crippen MR) is 106 cm³/mol. The number of hydrogen-bond donors (Lipinski definition) is 5. The number of nitrogens with one attached hydrogen (secondary N) is 1. The van der Waals surface area contributed by atoms with Crippen LogP contribution in [0.1, 0.15) is 20.8 Å². The lowest BCUT2D eigenvalue weighted by Crippen LogP contribution is -2.61. The maximum absolute atomic E-state index is 12.0. The van der Waals surface area contributed by atoms with Gasteiger partial charge in [-0.2, -0.15) is 0 Å². The van der Waals surface area contributed by atoms with Crippen LogP contribution in [0.25, 0.3) is 0 Å². The average molecular weight is 423 g/mol. The van der Waals surface area contributed by atoms with Crippen LogP contribution >= 0.6 is 0 Å². The second-order valence-corrected chi connectivity index (χ2v) is 8.52. The molecule has 0 aromatic carbocycles. The Labute approximate surface area is 174 Å². The van der Waals surface area contributed by atoms with Crippen LogP contribution in [0.4, 0.5) is 0 Å². The minimum absolute atomic E-state index is 0.0880. The van der Waals surface area contributed by atoms with Crippen LogP contribution in [0.2, 0.25) is 0 Å². The van der Waals surface area contributed by atoms with Gasteiger partial charge in [0.1, 0.15) is 49.0 Å². The smallest absolute Gasteiger partial charge is 0.323 e. The summed E-state index contributed by atoms with van der Waals surface area (Å²) in [5.41, 5.74) is 8.31. The third kappa shape index (κ3) is 3.15. The number of carbonyl (C=O) groups excluding carboxylic acids is 1. The molecular formula is C18H29N7O5. The molecule has 1 saturated heterocycles. The van der Waals surface area contributed by atoms with Crippen molar-refractivity contribution >= 4 is 18.1 Å². The molecule has 4 aliphatic heterocycles. The number of esters is 1. The minimum atomic E-state index is -1.28. The Morgan fingerprint density at radius 2 is 2.20 bits per heavy atom. The highest BCUT2D eigenvalue weighted by molar-refractivity contribution is 5.98. The lowest BCUT2D eigenvalue weighted by atomic mass is 9.79. The molecule has 2 unspecified atom stereocenters. The van der Waals surface area contributed by atoms with Gasteiger partial charge in [0.2, 0.25) is 0 Å². The molecule has 7 atom stereocenters. The first-order chi connectivity index (χ1) is 14.2. The van der Waals surface area contributed by atoms with Gasteiger partial charge in [-0.25, -0.2) is 15.8 Å². The lowest BCUT2D eigenvalue weighted by molar-refractivity contribution is -0.153. The van der Waals surface area contributed by atoms with E-state index >= 15 is 0 Å². The molecular weight excluding hydrogens is 394 g/mol. The fraction of sp³-hybridized carbons (Fsp3) is 0.722. The summed E-state index contributed by atoms with van der Waals surface area (Å²) in [6.45, 7) is 5.81. The average Bonchev–Trinajstić information content (AvgIpc) is 3.14. The summed E-state index contributed by atoms with van der Waals surface area (Å²) in [5.74, 6) is 6.65. The highest BCUT2D eigenvalue weighted by Crippen LogP contribution is 2.42. The monoisotopic (exact) mass is 423 g/mol. The van der Waals surface area contributed by atoms with E-state index in [1.54, 1.807) is 10.0 Å². The second-order valence-electron chi connectivity index (χ2n) is 8.52. The molecule has 1 fully saturated rings. The maximum atomic E-state index is 12.0. The van der Waals surface area contributed by atoms with E-state index in [1.807, 2.05) is 26.8 Å². The molecule has 4 rings (SSSR count). The van der Waals surface area contributed by atoms with Gasteiger partial charge in [-0.15, -0.1) is 0 Å². The van der Waals surface area contributed by atoms with Gasteiger partial charge < -0.3 is 25.4 Å². The van der Waals surface area contributed by atoms with Crippen molar-refractivity contribution in [3.05, 3.63) is 11.9 Å². The van der Waals surface area contributed by atoms with Gasteiger partial charge in [-0.1, -0.05) is 13.8 Å². The number of ether oxygens (including phenoxy) is 2. The fourth-order valence-electron chi connectivity index (χ4n) is 4.11. The molecule has 12 nitrogen and oxygen atoms in total. The molecule has 7 N–H and O–H groups in total. The molecule has 0 saturated carbocycles. The molecule has 1 spiro atoms. The van der Waals surface area contributed by atoms with Gasteiger partial charge in [0.25, 0.3) is 0 Å². The van der Waals surface area contributed by atoms with Gasteiger partial charge in [0.15, 0.2) is 6.23 Å². The van der Waals surface area contributed by atoms with Crippen molar-refractivity contribution in [3.63, 3.8) is 0 Å². The normalized spacial score (nSPS) is 38.2. The predicted octanol–water partition coefficient (Wildman–Crippen LogP) is -2.37. The number of carbonyl (C=O) groups is 1. The molecule has 0 amide bonds. The molecule has 4 aliphatic rings. The van der Waals surface area contributed by atoms with E-state index in [-0.39, 0.29) is 18.6 Å². The molecule has 0 radical (unpaired) electrons. The van der Waals surface area contributed by atoms with Crippen LogP contribution in [0, 0.1) is 11.3 Å². The van der Waals surface area contributed by atoms with Crippen LogP contribution in [-0.2, 0) is 14.3 Å². The molecule has 0 aromatic rings. The van der Waals surface area contributed by atoms with Crippen molar-refractivity contribution in [1.82, 2.24) is 15.4 Å². The quantitative estimate of drug-likeness (QED) is 0.238. The maximum Gasteiger partial charge on any atom is 0.323 e. The fourth-order valence-corrected chi connectivity index (χ4v) is 4.11. The number of aliphatic hydroxyl groups is 2. The third-order valence-electron chi connectivity index (χ3n) is 6.20. The summed E-state index contributed by atoms with van der Waals surface area (Å²) in [6.07, 6.45) is -1.03. The minimum Gasteiger partial charge on any atom is -0.462 e. The van der Waals surface area contributed by atoms with Crippen LogP contribution in [0.5, 0.6) is 0 Å². The number of nitrogens with zero attached hydrogens (tertiary/aromatic N) is 4. The van der Waals surface area contributed by atoms with Crippen molar-refractivity contribution in [1.29, 1.82) is 0 Å². The van der Waals surface area contributed by atoms with Gasteiger partial charge in [0.05, 0.1) is 18.0 Å². The molecule has 166 valence electrons. The number of aliphatic imine (C=N–C) groups is 2. The number of amidine groups is 1. The molecule has 2 bridgehead atoms. The number of aliphatic hydroxyl groups excluding tert-OH is 2. The molecule has 0 aromatic heterocycles. The summed E-state index contributed by atoms with van der Waals surface area (Å²) in [4.78, 5) is 20.8. The third-order valence-corrected chi connectivity index (χ3v) is 6.20. The van der Waals surface area contributed by atoms with E-state index in [1.165, 1.54) is 6.34 Å². The van der Waals surface area contributed by atoms with Crippen LogP contribution in [0.3, 0.4) is 0 Å². The second kappa shape index (κ2) is 7.46. The first-order valence-electron chi connectivity index (χ1n) is 10.0. The van der Waals surface area contributed by atoms with Crippen molar-refractivity contribution in [2.75, 3.05) is 13.2 Å². The van der Waals surface area contributed by atoms with Crippen LogP contribution < -0.4 is 17.0 Å². The summed E-state index contributed by atoms with van der Waals surface area (Å²) in [7, 11) is 0. The van der Waals surface area contributed by atoms with E-state index in [9.17, 15) is 15.0 Å². The number of hydrazine groups is 2. The topological polar surface area (TPSA) is 171 Å². The molecule has 4 heterocycles. The Morgan fingerprint density at radius 1 is 1.47 bits per heavy atom. The van der Waals surface area contributed by atoms with Gasteiger partial charge >= 0.3 is 5.97 Å². The van der Waals surface area contributed by atoms with Crippen molar-refractivity contribution < 1.29 is 24.5 Å². The zero-order valence-corrected chi connectivity index (χ0v) is 17.2. The summed E-state index contributed by atoms with van der Waals surface area (Å²) in [6, 6.07) is -0.903. The van der Waals surface area contributed by atoms with Crippen molar-refractivity contribution in [3.8, 4) is 0 Å². The highest BCUT2D eigenvalue weighted by atomic mass is 16.6.